The SMILES string of the molecule is C=C(Nc1cccc(C#N)c1)C(=O)OC(=O)OCC. The van der Waals surface area contributed by atoms with E-state index in [9.17, 15) is 9.59 Å². The van der Waals surface area contributed by atoms with E-state index in [1.165, 1.54) is 6.07 Å². The molecular weight excluding hydrogens is 248 g/mol. The van der Waals surface area contributed by atoms with Crippen LogP contribution in [0, 0.1) is 11.3 Å². The molecule has 0 atom stereocenters. The van der Waals surface area contributed by atoms with Crippen LogP contribution in [0.2, 0.25) is 0 Å². The van der Waals surface area contributed by atoms with Gasteiger partial charge in [0, 0.05) is 5.69 Å². The Hall–Kier alpha value is -2.81. The Labute approximate surface area is 110 Å². The molecular formula is C13H12N2O4. The van der Waals surface area contributed by atoms with Gasteiger partial charge in [-0.2, -0.15) is 5.26 Å². The number of ether oxygens (including phenoxy) is 2. The zero-order valence-electron chi connectivity index (χ0n) is 10.3. The van der Waals surface area contributed by atoms with Crippen molar-refractivity contribution in [2.45, 2.75) is 6.92 Å². The number of carbonyl (C=O) groups excluding carboxylic acids is 2. The van der Waals surface area contributed by atoms with Crippen molar-refractivity contribution in [3.05, 3.63) is 42.1 Å². The van der Waals surface area contributed by atoms with Crippen molar-refractivity contribution in [1.82, 2.24) is 0 Å². The summed E-state index contributed by atoms with van der Waals surface area (Å²) < 4.78 is 8.81. The van der Waals surface area contributed by atoms with E-state index >= 15 is 0 Å². The highest BCUT2D eigenvalue weighted by Crippen LogP contribution is 2.12. The van der Waals surface area contributed by atoms with Crippen LogP contribution in [-0.4, -0.2) is 18.7 Å². The maximum atomic E-state index is 11.4. The quantitative estimate of drug-likeness (QED) is 0.507. The topological polar surface area (TPSA) is 88.4 Å². The van der Waals surface area contributed by atoms with Crippen molar-refractivity contribution < 1.29 is 19.1 Å². The Morgan fingerprint density at radius 2 is 2.21 bits per heavy atom. The van der Waals surface area contributed by atoms with E-state index in [1.54, 1.807) is 25.1 Å². The van der Waals surface area contributed by atoms with Gasteiger partial charge in [-0.15, -0.1) is 0 Å². The van der Waals surface area contributed by atoms with Gasteiger partial charge in [0.2, 0.25) is 0 Å². The summed E-state index contributed by atoms with van der Waals surface area (Å²) in [6.45, 7) is 5.14. The number of rotatable bonds is 4. The van der Waals surface area contributed by atoms with Gasteiger partial charge in [-0.05, 0) is 25.1 Å². The van der Waals surface area contributed by atoms with Crippen molar-refractivity contribution >= 4 is 17.8 Å². The number of nitrogens with zero attached hydrogens (tertiary/aromatic N) is 1. The van der Waals surface area contributed by atoms with E-state index in [-0.39, 0.29) is 12.3 Å². The number of carbonyl (C=O) groups is 2. The molecule has 0 aliphatic heterocycles. The number of anilines is 1. The molecule has 19 heavy (non-hydrogen) atoms. The standard InChI is InChI=1S/C13H12N2O4/c1-3-18-13(17)19-12(16)9(2)15-11-6-4-5-10(7-11)8-14/h4-7,15H,2-3H2,1H3. The largest absolute Gasteiger partial charge is 0.516 e. The van der Waals surface area contributed by atoms with Crippen LogP contribution in [0.4, 0.5) is 10.5 Å². The second-order valence-electron chi connectivity index (χ2n) is 3.37. The molecule has 0 fully saturated rings. The molecule has 0 heterocycles. The normalized spacial score (nSPS) is 9.05. The first-order valence-electron chi connectivity index (χ1n) is 5.41. The molecule has 1 aromatic carbocycles. The third-order valence-corrected chi connectivity index (χ3v) is 1.97. The maximum Gasteiger partial charge on any atom is 0.516 e. The summed E-state index contributed by atoms with van der Waals surface area (Å²) in [6.07, 6.45) is -1.08. The molecule has 0 bridgehead atoms. The van der Waals surface area contributed by atoms with Crippen LogP contribution in [0.3, 0.4) is 0 Å². The fourth-order valence-electron chi connectivity index (χ4n) is 1.18. The van der Waals surface area contributed by atoms with Gasteiger partial charge in [0.05, 0.1) is 18.2 Å². The predicted octanol–water partition coefficient (Wildman–Crippen LogP) is 2.18. The van der Waals surface area contributed by atoms with Crippen LogP contribution in [0.15, 0.2) is 36.5 Å². The minimum atomic E-state index is -1.08. The van der Waals surface area contributed by atoms with Crippen LogP contribution in [0.5, 0.6) is 0 Å². The molecule has 0 saturated carbocycles. The van der Waals surface area contributed by atoms with E-state index < -0.39 is 12.1 Å². The van der Waals surface area contributed by atoms with E-state index in [2.05, 4.69) is 21.4 Å². The van der Waals surface area contributed by atoms with Crippen molar-refractivity contribution in [1.29, 1.82) is 5.26 Å². The summed E-state index contributed by atoms with van der Waals surface area (Å²) >= 11 is 0. The fourth-order valence-corrected chi connectivity index (χ4v) is 1.18. The van der Waals surface area contributed by atoms with Crippen molar-refractivity contribution in [3.63, 3.8) is 0 Å². The number of hydrogen-bond acceptors (Lipinski definition) is 6. The third-order valence-electron chi connectivity index (χ3n) is 1.97. The number of benzene rings is 1. The highest BCUT2D eigenvalue weighted by Gasteiger charge is 2.14. The average molecular weight is 260 g/mol. The minimum absolute atomic E-state index is 0.107. The molecule has 0 amide bonds. The minimum Gasteiger partial charge on any atom is -0.434 e. The Bertz CT molecular complexity index is 546. The molecule has 1 N–H and O–H groups in total. The van der Waals surface area contributed by atoms with E-state index in [0.29, 0.717) is 11.3 Å². The van der Waals surface area contributed by atoms with Gasteiger partial charge in [-0.3, -0.25) is 0 Å². The molecule has 0 unspecified atom stereocenters. The number of esters is 1. The van der Waals surface area contributed by atoms with Crippen molar-refractivity contribution in [3.8, 4) is 6.07 Å². The first-order chi connectivity index (χ1) is 9.06. The molecule has 1 aromatic rings. The lowest BCUT2D eigenvalue weighted by Crippen LogP contribution is -2.18. The summed E-state index contributed by atoms with van der Waals surface area (Å²) in [5.41, 5.74) is 0.782. The summed E-state index contributed by atoms with van der Waals surface area (Å²) in [6, 6.07) is 8.39. The van der Waals surface area contributed by atoms with Crippen molar-refractivity contribution in [2.24, 2.45) is 0 Å². The Morgan fingerprint density at radius 1 is 1.47 bits per heavy atom. The first kappa shape index (κ1) is 14.3. The molecule has 6 heteroatoms. The van der Waals surface area contributed by atoms with Gasteiger partial charge in [0.25, 0.3) is 0 Å². The zero-order valence-corrected chi connectivity index (χ0v) is 10.3. The predicted molar refractivity (Wildman–Crippen MR) is 67.0 cm³/mol. The smallest absolute Gasteiger partial charge is 0.434 e. The van der Waals surface area contributed by atoms with Gasteiger partial charge in [0.15, 0.2) is 0 Å². The molecule has 0 aliphatic rings. The Morgan fingerprint density at radius 3 is 2.84 bits per heavy atom. The Balaban J connectivity index is 2.61. The van der Waals surface area contributed by atoms with E-state index in [0.717, 1.165) is 0 Å². The van der Waals surface area contributed by atoms with E-state index in [4.69, 9.17) is 5.26 Å². The molecule has 0 aliphatic carbocycles. The molecule has 6 nitrogen and oxygen atoms in total. The summed E-state index contributed by atoms with van der Waals surface area (Å²) in [7, 11) is 0. The van der Waals surface area contributed by atoms with Gasteiger partial charge in [-0.1, -0.05) is 12.6 Å². The second kappa shape index (κ2) is 6.81. The maximum absolute atomic E-state index is 11.4. The average Bonchev–Trinajstić information content (AvgIpc) is 2.39. The molecule has 1 rings (SSSR count). The van der Waals surface area contributed by atoms with Gasteiger partial charge < -0.3 is 14.8 Å². The van der Waals surface area contributed by atoms with Crippen molar-refractivity contribution in [2.75, 3.05) is 11.9 Å². The van der Waals surface area contributed by atoms with Gasteiger partial charge in [-0.25, -0.2) is 9.59 Å². The van der Waals surface area contributed by atoms with Crippen LogP contribution in [0.25, 0.3) is 0 Å². The number of hydrogen-bond donors (Lipinski definition) is 1. The number of nitriles is 1. The van der Waals surface area contributed by atoms with E-state index in [1.807, 2.05) is 6.07 Å². The molecule has 0 saturated heterocycles. The lowest BCUT2D eigenvalue weighted by atomic mass is 10.2. The first-order valence-corrected chi connectivity index (χ1v) is 5.41. The summed E-state index contributed by atoms with van der Waals surface area (Å²) in [4.78, 5) is 22.4. The van der Waals surface area contributed by atoms with Gasteiger partial charge in [0.1, 0.15) is 5.70 Å². The van der Waals surface area contributed by atoms with Crippen LogP contribution in [-0.2, 0) is 14.3 Å². The fraction of sp³-hybridized carbons (Fsp3) is 0.154. The molecule has 0 radical (unpaired) electrons. The monoisotopic (exact) mass is 260 g/mol. The third kappa shape index (κ3) is 4.52. The molecule has 0 aromatic heterocycles. The zero-order chi connectivity index (χ0) is 14.3. The second-order valence-corrected chi connectivity index (χ2v) is 3.37. The van der Waals surface area contributed by atoms with Gasteiger partial charge >= 0.3 is 12.1 Å². The molecule has 0 spiro atoms. The highest BCUT2D eigenvalue weighted by molar-refractivity contribution is 5.96. The lowest BCUT2D eigenvalue weighted by Gasteiger charge is -2.08. The number of nitrogens with one attached hydrogen (secondary N) is 1. The summed E-state index contributed by atoms with van der Waals surface area (Å²) in [5.74, 6) is -0.944. The summed E-state index contributed by atoms with van der Waals surface area (Å²) in [5, 5.41) is 11.4. The Kier molecular flexibility index (Phi) is 5.11. The van der Waals surface area contributed by atoms with Crippen LogP contribution in [0.1, 0.15) is 12.5 Å². The lowest BCUT2D eigenvalue weighted by molar-refractivity contribution is -0.135. The van der Waals surface area contributed by atoms with Crippen LogP contribution < -0.4 is 5.32 Å². The van der Waals surface area contributed by atoms with Crippen LogP contribution >= 0.6 is 0 Å². The molecule has 98 valence electrons. The highest BCUT2D eigenvalue weighted by atomic mass is 16.7.